The molecule has 0 aliphatic heterocycles. The molecular formula is C21H23Cl2NO6. The lowest BCUT2D eigenvalue weighted by molar-refractivity contribution is -0.143. The monoisotopic (exact) mass is 455 g/mol. The van der Waals surface area contributed by atoms with Crippen LogP contribution >= 0.6 is 23.2 Å². The van der Waals surface area contributed by atoms with Crippen molar-refractivity contribution in [2.45, 2.75) is 26.2 Å². The van der Waals surface area contributed by atoms with Crippen LogP contribution in [0.1, 0.15) is 35.7 Å². The summed E-state index contributed by atoms with van der Waals surface area (Å²) in [6.07, 6.45) is 3.42. The van der Waals surface area contributed by atoms with E-state index in [0.29, 0.717) is 34.4 Å². The van der Waals surface area contributed by atoms with E-state index in [1.54, 1.807) is 19.1 Å². The number of rotatable bonds is 11. The zero-order valence-corrected chi connectivity index (χ0v) is 18.5. The number of halogens is 2. The molecule has 0 aliphatic rings. The SMILES string of the molecule is CCOC(=O)CCCOc1c(C(=O)Cc2c(Cl)cncc2Cl)ccc(OC)c1OC. The molecule has 0 fully saturated rings. The van der Waals surface area contributed by atoms with E-state index in [2.05, 4.69) is 4.98 Å². The molecule has 30 heavy (non-hydrogen) atoms. The Hall–Kier alpha value is -2.51. The Balaban J connectivity index is 2.27. The molecule has 2 aromatic rings. The Morgan fingerprint density at radius 1 is 1.03 bits per heavy atom. The molecule has 9 heteroatoms. The lowest BCUT2D eigenvalue weighted by Gasteiger charge is -2.17. The fourth-order valence-electron chi connectivity index (χ4n) is 2.75. The zero-order valence-electron chi connectivity index (χ0n) is 17.0. The topological polar surface area (TPSA) is 84.0 Å². The van der Waals surface area contributed by atoms with Crippen molar-refractivity contribution in [2.75, 3.05) is 27.4 Å². The highest BCUT2D eigenvalue weighted by atomic mass is 35.5. The van der Waals surface area contributed by atoms with Gasteiger partial charge in [0.05, 0.1) is 43.0 Å². The molecule has 1 aromatic carbocycles. The first-order valence-electron chi connectivity index (χ1n) is 9.27. The average molecular weight is 456 g/mol. The van der Waals surface area contributed by atoms with Gasteiger partial charge in [0.1, 0.15) is 0 Å². The minimum Gasteiger partial charge on any atom is -0.493 e. The smallest absolute Gasteiger partial charge is 0.305 e. The van der Waals surface area contributed by atoms with Crippen LogP contribution in [0.15, 0.2) is 24.5 Å². The van der Waals surface area contributed by atoms with Gasteiger partial charge in [-0.15, -0.1) is 0 Å². The molecular weight excluding hydrogens is 433 g/mol. The third-order valence-electron chi connectivity index (χ3n) is 4.17. The van der Waals surface area contributed by atoms with Crippen LogP contribution in [0.2, 0.25) is 10.0 Å². The van der Waals surface area contributed by atoms with Crippen LogP contribution in [0.4, 0.5) is 0 Å². The Morgan fingerprint density at radius 3 is 2.33 bits per heavy atom. The van der Waals surface area contributed by atoms with E-state index in [1.807, 2.05) is 0 Å². The largest absolute Gasteiger partial charge is 0.493 e. The summed E-state index contributed by atoms with van der Waals surface area (Å²) in [5, 5.41) is 0.599. The zero-order chi connectivity index (χ0) is 22.1. The Labute approximate surface area is 185 Å². The van der Waals surface area contributed by atoms with Crippen LogP contribution in [-0.2, 0) is 16.0 Å². The number of Topliss-reactive ketones (excluding diaryl/α,β-unsaturated/α-hetero) is 1. The van der Waals surface area contributed by atoms with Crippen LogP contribution in [0.25, 0.3) is 0 Å². The minimum absolute atomic E-state index is 0.0468. The standard InChI is InChI=1S/C21H23Cl2NO6/c1-4-29-19(26)6-5-9-30-20-13(7-8-18(27-2)21(20)28-3)17(25)10-14-15(22)11-24-12-16(14)23/h7-8,11-12H,4-6,9-10H2,1-3H3. The molecule has 0 unspecified atom stereocenters. The van der Waals surface area contributed by atoms with Crippen LogP contribution in [0, 0.1) is 0 Å². The highest BCUT2D eigenvalue weighted by Gasteiger charge is 2.23. The number of nitrogens with zero attached hydrogens (tertiary/aromatic N) is 1. The number of aromatic nitrogens is 1. The first kappa shape index (κ1) is 23.8. The van der Waals surface area contributed by atoms with Gasteiger partial charge < -0.3 is 18.9 Å². The molecule has 0 spiro atoms. The fraction of sp³-hybridized carbons (Fsp3) is 0.381. The molecule has 1 aromatic heterocycles. The lowest BCUT2D eigenvalue weighted by Crippen LogP contribution is -2.11. The second-order valence-corrected chi connectivity index (χ2v) is 6.93. The van der Waals surface area contributed by atoms with Crippen LogP contribution in [0.3, 0.4) is 0 Å². The van der Waals surface area contributed by atoms with Gasteiger partial charge in [-0.25, -0.2) is 0 Å². The second-order valence-electron chi connectivity index (χ2n) is 6.12. The van der Waals surface area contributed by atoms with Gasteiger partial charge in [-0.1, -0.05) is 23.2 Å². The van der Waals surface area contributed by atoms with Crippen molar-refractivity contribution < 1.29 is 28.5 Å². The third kappa shape index (κ3) is 6.00. The van der Waals surface area contributed by atoms with E-state index in [4.69, 9.17) is 42.1 Å². The molecule has 0 bridgehead atoms. The van der Waals surface area contributed by atoms with Crippen LogP contribution in [-0.4, -0.2) is 44.2 Å². The summed E-state index contributed by atoms with van der Waals surface area (Å²) in [7, 11) is 2.94. The molecule has 0 radical (unpaired) electrons. The summed E-state index contributed by atoms with van der Waals surface area (Å²) in [5.41, 5.74) is 0.758. The van der Waals surface area contributed by atoms with Gasteiger partial charge in [0, 0.05) is 30.8 Å². The molecule has 0 atom stereocenters. The maximum atomic E-state index is 13.0. The molecule has 162 valence electrons. The van der Waals surface area contributed by atoms with E-state index in [1.165, 1.54) is 26.6 Å². The molecule has 0 saturated carbocycles. The average Bonchev–Trinajstić information content (AvgIpc) is 2.73. The number of hydrogen-bond acceptors (Lipinski definition) is 7. The predicted octanol–water partition coefficient (Wildman–Crippen LogP) is 4.55. The minimum atomic E-state index is -0.308. The van der Waals surface area contributed by atoms with Crippen LogP contribution in [0.5, 0.6) is 17.2 Å². The van der Waals surface area contributed by atoms with Crippen molar-refractivity contribution >= 4 is 35.0 Å². The van der Waals surface area contributed by atoms with E-state index >= 15 is 0 Å². The summed E-state index contributed by atoms with van der Waals surface area (Å²) < 4.78 is 21.5. The molecule has 0 N–H and O–H groups in total. The van der Waals surface area contributed by atoms with Crippen molar-refractivity contribution in [2.24, 2.45) is 0 Å². The fourth-order valence-corrected chi connectivity index (χ4v) is 3.25. The van der Waals surface area contributed by atoms with Crippen molar-refractivity contribution in [1.29, 1.82) is 0 Å². The number of carbonyl (C=O) groups is 2. The molecule has 1 heterocycles. The van der Waals surface area contributed by atoms with Gasteiger partial charge in [-0.3, -0.25) is 14.6 Å². The normalized spacial score (nSPS) is 10.4. The summed E-state index contributed by atoms with van der Waals surface area (Å²) in [6.45, 7) is 2.25. The van der Waals surface area contributed by atoms with Crippen LogP contribution < -0.4 is 14.2 Å². The van der Waals surface area contributed by atoms with Gasteiger partial charge in [-0.2, -0.15) is 0 Å². The number of esters is 1. The molecule has 7 nitrogen and oxygen atoms in total. The molecule has 0 saturated heterocycles. The number of carbonyl (C=O) groups excluding carboxylic acids is 2. The van der Waals surface area contributed by atoms with Gasteiger partial charge in [0.25, 0.3) is 0 Å². The van der Waals surface area contributed by atoms with E-state index in [-0.39, 0.29) is 48.3 Å². The van der Waals surface area contributed by atoms with Crippen molar-refractivity contribution in [3.63, 3.8) is 0 Å². The maximum absolute atomic E-state index is 13.0. The predicted molar refractivity (Wildman–Crippen MR) is 113 cm³/mol. The maximum Gasteiger partial charge on any atom is 0.305 e. The first-order valence-corrected chi connectivity index (χ1v) is 10.0. The van der Waals surface area contributed by atoms with Gasteiger partial charge >= 0.3 is 5.97 Å². The molecule has 0 aliphatic carbocycles. The number of ketones is 1. The highest BCUT2D eigenvalue weighted by Crippen LogP contribution is 2.41. The summed E-state index contributed by atoms with van der Waals surface area (Å²) in [4.78, 5) is 28.5. The highest BCUT2D eigenvalue weighted by molar-refractivity contribution is 6.36. The second kappa shape index (κ2) is 11.6. The molecule has 0 amide bonds. The summed E-state index contributed by atoms with van der Waals surface area (Å²) in [5.74, 6) is 0.344. The summed E-state index contributed by atoms with van der Waals surface area (Å²) >= 11 is 12.3. The van der Waals surface area contributed by atoms with E-state index in [9.17, 15) is 9.59 Å². The first-order chi connectivity index (χ1) is 14.4. The number of hydrogen-bond donors (Lipinski definition) is 0. The van der Waals surface area contributed by atoms with Gasteiger partial charge in [-0.05, 0) is 25.5 Å². The number of benzene rings is 1. The van der Waals surface area contributed by atoms with Gasteiger partial charge in [0.2, 0.25) is 5.75 Å². The Bertz CT molecular complexity index is 883. The van der Waals surface area contributed by atoms with Crippen molar-refractivity contribution in [3.05, 3.63) is 45.7 Å². The van der Waals surface area contributed by atoms with E-state index in [0.717, 1.165) is 0 Å². The Morgan fingerprint density at radius 2 is 1.73 bits per heavy atom. The number of pyridine rings is 1. The van der Waals surface area contributed by atoms with E-state index < -0.39 is 0 Å². The third-order valence-corrected chi connectivity index (χ3v) is 4.82. The number of ether oxygens (including phenoxy) is 4. The number of methoxy groups -OCH3 is 2. The van der Waals surface area contributed by atoms with Crippen molar-refractivity contribution in [1.82, 2.24) is 4.98 Å². The van der Waals surface area contributed by atoms with Gasteiger partial charge in [0.15, 0.2) is 17.3 Å². The Kier molecular flexibility index (Phi) is 9.20. The molecule has 2 rings (SSSR count). The van der Waals surface area contributed by atoms with Crippen molar-refractivity contribution in [3.8, 4) is 17.2 Å². The lowest BCUT2D eigenvalue weighted by atomic mass is 10.0. The quantitative estimate of drug-likeness (QED) is 0.279. The summed E-state index contributed by atoms with van der Waals surface area (Å²) in [6, 6.07) is 3.21.